The van der Waals surface area contributed by atoms with Crippen molar-refractivity contribution in [2.45, 2.75) is 6.92 Å². The zero-order valence-corrected chi connectivity index (χ0v) is 14.3. The minimum atomic E-state index is -0.0258. The number of nitriles is 1. The van der Waals surface area contributed by atoms with E-state index >= 15 is 0 Å². The lowest BCUT2D eigenvalue weighted by molar-refractivity contribution is 0.0746. The van der Waals surface area contributed by atoms with Gasteiger partial charge in [0.15, 0.2) is 11.5 Å². The average Bonchev–Trinajstić information content (AvgIpc) is 3.06. The van der Waals surface area contributed by atoms with Crippen LogP contribution in [-0.4, -0.2) is 47.0 Å². The van der Waals surface area contributed by atoms with Crippen LogP contribution in [0.1, 0.15) is 21.8 Å². The van der Waals surface area contributed by atoms with Gasteiger partial charge in [-0.15, -0.1) is 0 Å². The fourth-order valence-electron chi connectivity index (χ4n) is 3.21. The molecule has 0 atom stereocenters. The first kappa shape index (κ1) is 16.1. The summed E-state index contributed by atoms with van der Waals surface area (Å²) in [6, 6.07) is 11.0. The van der Waals surface area contributed by atoms with Gasteiger partial charge in [-0.25, -0.2) is 9.97 Å². The van der Waals surface area contributed by atoms with Crippen LogP contribution in [0, 0.1) is 18.3 Å². The third-order valence-electron chi connectivity index (χ3n) is 4.52. The molecule has 1 amide bonds. The number of aryl methyl sites for hydroxylation is 1. The summed E-state index contributed by atoms with van der Waals surface area (Å²) in [4.78, 5) is 25.2. The van der Waals surface area contributed by atoms with Gasteiger partial charge in [0, 0.05) is 44.9 Å². The number of anilines is 1. The Morgan fingerprint density at radius 3 is 2.81 bits per heavy atom. The Morgan fingerprint density at radius 1 is 1.23 bits per heavy atom. The molecule has 130 valence electrons. The molecule has 1 fully saturated rings. The van der Waals surface area contributed by atoms with Gasteiger partial charge >= 0.3 is 0 Å². The molecule has 26 heavy (non-hydrogen) atoms. The molecule has 0 bridgehead atoms. The molecule has 1 aliphatic rings. The minimum absolute atomic E-state index is 0.0258. The molecule has 7 nitrogen and oxygen atoms in total. The maximum absolute atomic E-state index is 12.8. The quantitative estimate of drug-likeness (QED) is 0.707. The normalized spacial score (nSPS) is 14.5. The van der Waals surface area contributed by atoms with Gasteiger partial charge in [0.05, 0.1) is 5.56 Å². The van der Waals surface area contributed by atoms with E-state index in [9.17, 15) is 10.1 Å². The zero-order valence-electron chi connectivity index (χ0n) is 14.3. The summed E-state index contributed by atoms with van der Waals surface area (Å²) in [6.45, 7) is 4.22. The average molecular weight is 347 g/mol. The Hall–Kier alpha value is -3.40. The first-order valence-corrected chi connectivity index (χ1v) is 8.42. The first-order valence-electron chi connectivity index (χ1n) is 8.42. The van der Waals surface area contributed by atoms with E-state index in [0.29, 0.717) is 54.6 Å². The lowest BCUT2D eigenvalue weighted by Gasteiger charge is -2.35. The molecular formula is C19H17N5O2. The molecule has 3 aromatic rings. The third kappa shape index (κ3) is 2.86. The molecule has 0 N–H and O–H groups in total. The maximum Gasteiger partial charge on any atom is 0.254 e. The second kappa shape index (κ2) is 6.48. The Bertz CT molecular complexity index is 1010. The molecule has 0 radical (unpaired) electrons. The number of piperazine rings is 1. The van der Waals surface area contributed by atoms with Crippen molar-refractivity contribution < 1.29 is 9.21 Å². The molecule has 4 rings (SSSR count). The molecule has 0 saturated carbocycles. The van der Waals surface area contributed by atoms with E-state index in [4.69, 9.17) is 4.42 Å². The van der Waals surface area contributed by atoms with E-state index in [1.807, 2.05) is 15.9 Å². The van der Waals surface area contributed by atoms with Crippen LogP contribution < -0.4 is 4.90 Å². The Balaban J connectivity index is 1.48. The predicted molar refractivity (Wildman–Crippen MR) is 95.8 cm³/mol. The van der Waals surface area contributed by atoms with Gasteiger partial charge in [0.25, 0.3) is 5.91 Å². The summed E-state index contributed by atoms with van der Waals surface area (Å²) in [6.07, 6.45) is 1.68. The van der Waals surface area contributed by atoms with Crippen molar-refractivity contribution >= 4 is 22.8 Å². The molecule has 0 aliphatic carbocycles. The predicted octanol–water partition coefficient (Wildman–Crippen LogP) is 2.37. The van der Waals surface area contributed by atoms with E-state index in [1.54, 1.807) is 37.4 Å². The first-order chi connectivity index (χ1) is 12.7. The van der Waals surface area contributed by atoms with Gasteiger partial charge < -0.3 is 14.2 Å². The molecule has 1 aromatic carbocycles. The number of oxazole rings is 1. The Morgan fingerprint density at radius 2 is 2.04 bits per heavy atom. The number of rotatable bonds is 2. The molecule has 3 heterocycles. The second-order valence-electron chi connectivity index (χ2n) is 6.18. The second-order valence-corrected chi connectivity index (χ2v) is 6.18. The standard InChI is InChI=1S/C19H17N5O2/c1-13-22-16-5-4-14(11-17(16)26-13)19(25)24-9-7-23(8-10-24)18-15(12-20)3-2-6-21-18/h2-6,11H,7-10H2,1H3. The van der Waals surface area contributed by atoms with Crippen molar-refractivity contribution in [3.8, 4) is 6.07 Å². The summed E-state index contributed by atoms with van der Waals surface area (Å²) < 4.78 is 5.52. The summed E-state index contributed by atoms with van der Waals surface area (Å²) >= 11 is 0. The van der Waals surface area contributed by atoms with Crippen LogP contribution in [0.3, 0.4) is 0 Å². The van der Waals surface area contributed by atoms with Gasteiger partial charge in [-0.05, 0) is 30.3 Å². The number of pyridine rings is 1. The highest BCUT2D eigenvalue weighted by Crippen LogP contribution is 2.21. The Labute approximate surface area is 150 Å². The van der Waals surface area contributed by atoms with Crippen LogP contribution in [0.4, 0.5) is 5.82 Å². The lowest BCUT2D eigenvalue weighted by Crippen LogP contribution is -2.49. The van der Waals surface area contributed by atoms with E-state index in [-0.39, 0.29) is 5.91 Å². The van der Waals surface area contributed by atoms with Crippen molar-refractivity contribution in [2.24, 2.45) is 0 Å². The molecule has 1 saturated heterocycles. The molecular weight excluding hydrogens is 330 g/mol. The number of aromatic nitrogens is 2. The molecule has 0 unspecified atom stereocenters. The summed E-state index contributed by atoms with van der Waals surface area (Å²) in [5.74, 6) is 1.24. The van der Waals surface area contributed by atoms with Gasteiger partial charge in [0.1, 0.15) is 17.4 Å². The number of carbonyl (C=O) groups excluding carboxylic acids is 1. The number of fused-ring (bicyclic) bond motifs is 1. The van der Waals surface area contributed by atoms with Crippen molar-refractivity contribution in [1.29, 1.82) is 5.26 Å². The number of carbonyl (C=O) groups is 1. The topological polar surface area (TPSA) is 86.3 Å². The number of nitrogens with zero attached hydrogens (tertiary/aromatic N) is 5. The van der Waals surface area contributed by atoms with Crippen LogP contribution in [0.15, 0.2) is 40.9 Å². The van der Waals surface area contributed by atoms with Crippen molar-refractivity contribution in [3.63, 3.8) is 0 Å². The largest absolute Gasteiger partial charge is 0.441 e. The highest BCUT2D eigenvalue weighted by Gasteiger charge is 2.24. The van der Waals surface area contributed by atoms with Crippen LogP contribution in [-0.2, 0) is 0 Å². The highest BCUT2D eigenvalue weighted by molar-refractivity contribution is 5.97. The number of hydrogen-bond acceptors (Lipinski definition) is 6. The lowest BCUT2D eigenvalue weighted by atomic mass is 10.1. The molecule has 0 spiro atoms. The Kier molecular flexibility index (Phi) is 4.01. The fourth-order valence-corrected chi connectivity index (χ4v) is 3.21. The maximum atomic E-state index is 12.8. The van der Waals surface area contributed by atoms with E-state index < -0.39 is 0 Å². The van der Waals surface area contributed by atoms with Crippen LogP contribution in [0.2, 0.25) is 0 Å². The van der Waals surface area contributed by atoms with E-state index in [1.165, 1.54) is 0 Å². The van der Waals surface area contributed by atoms with Crippen molar-refractivity contribution in [1.82, 2.24) is 14.9 Å². The summed E-state index contributed by atoms with van der Waals surface area (Å²) in [7, 11) is 0. The van der Waals surface area contributed by atoms with Crippen LogP contribution in [0.25, 0.3) is 11.1 Å². The van der Waals surface area contributed by atoms with E-state index in [0.717, 1.165) is 5.52 Å². The third-order valence-corrected chi connectivity index (χ3v) is 4.52. The smallest absolute Gasteiger partial charge is 0.254 e. The SMILES string of the molecule is Cc1nc2ccc(C(=O)N3CCN(c4ncccc4C#N)CC3)cc2o1. The van der Waals surface area contributed by atoms with Crippen molar-refractivity contribution in [3.05, 3.63) is 53.5 Å². The number of hydrogen-bond donors (Lipinski definition) is 0. The van der Waals surface area contributed by atoms with Gasteiger partial charge in [-0.3, -0.25) is 4.79 Å². The van der Waals surface area contributed by atoms with E-state index in [2.05, 4.69) is 16.0 Å². The minimum Gasteiger partial charge on any atom is -0.441 e. The monoisotopic (exact) mass is 347 g/mol. The number of benzene rings is 1. The molecule has 1 aliphatic heterocycles. The van der Waals surface area contributed by atoms with Gasteiger partial charge in [-0.1, -0.05) is 0 Å². The molecule has 7 heteroatoms. The number of amides is 1. The zero-order chi connectivity index (χ0) is 18.1. The van der Waals surface area contributed by atoms with Crippen LogP contribution >= 0.6 is 0 Å². The van der Waals surface area contributed by atoms with Crippen molar-refractivity contribution in [2.75, 3.05) is 31.1 Å². The summed E-state index contributed by atoms with van der Waals surface area (Å²) in [5, 5.41) is 9.23. The fraction of sp³-hybridized carbons (Fsp3) is 0.263. The van der Waals surface area contributed by atoms with Gasteiger partial charge in [-0.2, -0.15) is 5.26 Å². The molecule has 2 aromatic heterocycles. The summed E-state index contributed by atoms with van der Waals surface area (Å²) in [5.41, 5.74) is 2.53. The van der Waals surface area contributed by atoms with Gasteiger partial charge in [0.2, 0.25) is 0 Å². The van der Waals surface area contributed by atoms with Crippen LogP contribution in [0.5, 0.6) is 0 Å². The highest BCUT2D eigenvalue weighted by atomic mass is 16.3.